The predicted molar refractivity (Wildman–Crippen MR) is 84.3 cm³/mol. The first-order chi connectivity index (χ1) is 10.2. The molecule has 0 spiro atoms. The zero-order valence-corrected chi connectivity index (χ0v) is 12.1. The second-order valence-corrected chi connectivity index (χ2v) is 5.15. The van der Waals surface area contributed by atoms with Gasteiger partial charge in [0.25, 0.3) is 0 Å². The van der Waals surface area contributed by atoms with Gasteiger partial charge in [-0.3, -0.25) is 4.79 Å². The minimum absolute atomic E-state index is 0.0881. The molecule has 0 heterocycles. The molecule has 0 saturated heterocycles. The van der Waals surface area contributed by atoms with Crippen molar-refractivity contribution in [1.29, 1.82) is 0 Å². The van der Waals surface area contributed by atoms with Crippen LogP contribution in [0.2, 0.25) is 0 Å². The molecule has 0 fully saturated rings. The Balaban J connectivity index is 1.65. The first kappa shape index (κ1) is 15.3. The van der Waals surface area contributed by atoms with Crippen molar-refractivity contribution in [2.24, 2.45) is 0 Å². The molecule has 3 heteroatoms. The minimum atomic E-state index is -0.790. The van der Waals surface area contributed by atoms with E-state index in [1.807, 2.05) is 30.3 Å². The van der Waals surface area contributed by atoms with Crippen molar-refractivity contribution < 1.29 is 9.90 Å². The standard InChI is InChI=1S/C18H21NO2/c20-18(21)13-16-8-10-17(11-9-16)14-19-12-4-7-15-5-2-1-3-6-15/h1-3,5-6,8-11,19H,4,7,12-14H2,(H,20,21). The SMILES string of the molecule is O=C(O)Cc1ccc(CNCCCc2ccccc2)cc1. The van der Waals surface area contributed by atoms with Gasteiger partial charge in [0, 0.05) is 6.54 Å². The summed E-state index contributed by atoms with van der Waals surface area (Å²) in [6.45, 7) is 1.80. The fraction of sp³-hybridized carbons (Fsp3) is 0.278. The average Bonchev–Trinajstić information content (AvgIpc) is 2.49. The number of benzene rings is 2. The molecule has 0 aliphatic carbocycles. The van der Waals surface area contributed by atoms with E-state index in [2.05, 4.69) is 29.6 Å². The number of hydrogen-bond donors (Lipinski definition) is 2. The van der Waals surface area contributed by atoms with Crippen LogP contribution < -0.4 is 5.32 Å². The van der Waals surface area contributed by atoms with Gasteiger partial charge in [-0.1, -0.05) is 54.6 Å². The maximum absolute atomic E-state index is 10.6. The van der Waals surface area contributed by atoms with E-state index in [1.165, 1.54) is 11.1 Å². The molecule has 0 unspecified atom stereocenters. The zero-order chi connectivity index (χ0) is 14.9. The summed E-state index contributed by atoms with van der Waals surface area (Å²) in [5, 5.41) is 12.1. The van der Waals surface area contributed by atoms with Gasteiger partial charge in [0.05, 0.1) is 6.42 Å². The van der Waals surface area contributed by atoms with Crippen molar-refractivity contribution in [1.82, 2.24) is 5.32 Å². The second-order valence-electron chi connectivity index (χ2n) is 5.15. The molecular weight excluding hydrogens is 262 g/mol. The molecule has 0 saturated carbocycles. The molecule has 0 amide bonds. The molecule has 110 valence electrons. The van der Waals surface area contributed by atoms with E-state index in [-0.39, 0.29) is 6.42 Å². The summed E-state index contributed by atoms with van der Waals surface area (Å²) in [5.41, 5.74) is 3.40. The van der Waals surface area contributed by atoms with Crippen LogP contribution in [0.3, 0.4) is 0 Å². The fourth-order valence-electron chi connectivity index (χ4n) is 2.24. The monoisotopic (exact) mass is 283 g/mol. The molecule has 2 rings (SSSR count). The van der Waals surface area contributed by atoms with Crippen LogP contribution in [0.1, 0.15) is 23.1 Å². The largest absolute Gasteiger partial charge is 0.481 e. The van der Waals surface area contributed by atoms with E-state index in [9.17, 15) is 4.79 Å². The van der Waals surface area contributed by atoms with Crippen LogP contribution in [0.15, 0.2) is 54.6 Å². The number of carboxylic acid groups (broad SMARTS) is 1. The molecule has 2 N–H and O–H groups in total. The van der Waals surface area contributed by atoms with Gasteiger partial charge < -0.3 is 10.4 Å². The topological polar surface area (TPSA) is 49.3 Å². The van der Waals surface area contributed by atoms with E-state index in [0.717, 1.165) is 31.5 Å². The van der Waals surface area contributed by atoms with Gasteiger partial charge in [0.1, 0.15) is 0 Å². The molecule has 0 bridgehead atoms. The van der Waals surface area contributed by atoms with Gasteiger partial charge >= 0.3 is 5.97 Å². The van der Waals surface area contributed by atoms with Crippen molar-refractivity contribution in [2.45, 2.75) is 25.8 Å². The van der Waals surface area contributed by atoms with E-state index < -0.39 is 5.97 Å². The van der Waals surface area contributed by atoms with E-state index in [0.29, 0.717) is 0 Å². The van der Waals surface area contributed by atoms with Crippen molar-refractivity contribution in [3.05, 3.63) is 71.3 Å². The van der Waals surface area contributed by atoms with Crippen LogP contribution >= 0.6 is 0 Å². The predicted octanol–water partition coefficient (Wildman–Crippen LogP) is 3.04. The number of carboxylic acids is 1. The molecular formula is C18H21NO2. The first-order valence-corrected chi connectivity index (χ1v) is 7.28. The van der Waals surface area contributed by atoms with Gasteiger partial charge in [0.15, 0.2) is 0 Å². The third-order valence-corrected chi connectivity index (χ3v) is 3.37. The minimum Gasteiger partial charge on any atom is -0.481 e. The Bertz CT molecular complexity index is 549. The molecule has 3 nitrogen and oxygen atoms in total. The van der Waals surface area contributed by atoms with Crippen LogP contribution in [0.5, 0.6) is 0 Å². The summed E-state index contributed by atoms with van der Waals surface area (Å²) in [4.78, 5) is 10.6. The number of rotatable bonds is 8. The van der Waals surface area contributed by atoms with E-state index in [1.54, 1.807) is 0 Å². The quantitative estimate of drug-likeness (QED) is 0.732. The second kappa shape index (κ2) is 8.22. The summed E-state index contributed by atoms with van der Waals surface area (Å²) < 4.78 is 0. The third kappa shape index (κ3) is 5.79. The molecule has 0 radical (unpaired) electrons. The molecule has 2 aromatic carbocycles. The summed E-state index contributed by atoms with van der Waals surface area (Å²) in [6.07, 6.45) is 2.29. The highest BCUT2D eigenvalue weighted by Crippen LogP contribution is 2.06. The Morgan fingerprint density at radius 2 is 1.57 bits per heavy atom. The van der Waals surface area contributed by atoms with Crippen molar-refractivity contribution in [2.75, 3.05) is 6.54 Å². The lowest BCUT2D eigenvalue weighted by Crippen LogP contribution is -2.15. The Morgan fingerprint density at radius 3 is 2.24 bits per heavy atom. The molecule has 0 aromatic heterocycles. The Morgan fingerprint density at radius 1 is 0.905 bits per heavy atom. The lowest BCUT2D eigenvalue weighted by Gasteiger charge is -2.06. The molecule has 0 aliphatic heterocycles. The maximum atomic E-state index is 10.6. The van der Waals surface area contributed by atoms with Crippen molar-refractivity contribution in [3.8, 4) is 0 Å². The van der Waals surface area contributed by atoms with E-state index >= 15 is 0 Å². The van der Waals surface area contributed by atoms with Crippen LogP contribution in [0.4, 0.5) is 0 Å². The van der Waals surface area contributed by atoms with Gasteiger partial charge in [0.2, 0.25) is 0 Å². The lowest BCUT2D eigenvalue weighted by atomic mass is 10.1. The number of nitrogens with one attached hydrogen (secondary N) is 1. The van der Waals surface area contributed by atoms with Gasteiger partial charge in [-0.05, 0) is 36.1 Å². The Labute approximate surface area is 125 Å². The first-order valence-electron chi connectivity index (χ1n) is 7.28. The molecule has 0 aliphatic rings. The Kier molecular flexibility index (Phi) is 5.98. The molecule has 0 atom stereocenters. The van der Waals surface area contributed by atoms with Crippen LogP contribution in [0, 0.1) is 0 Å². The molecule has 21 heavy (non-hydrogen) atoms. The number of carbonyl (C=O) groups is 1. The lowest BCUT2D eigenvalue weighted by molar-refractivity contribution is -0.136. The fourth-order valence-corrected chi connectivity index (χ4v) is 2.24. The summed E-state index contributed by atoms with van der Waals surface area (Å²) in [5.74, 6) is -0.790. The highest BCUT2D eigenvalue weighted by Gasteiger charge is 2.00. The maximum Gasteiger partial charge on any atom is 0.307 e. The average molecular weight is 283 g/mol. The number of aryl methyl sites for hydroxylation is 1. The summed E-state index contributed by atoms with van der Waals surface area (Å²) in [7, 11) is 0. The van der Waals surface area contributed by atoms with Gasteiger partial charge in [-0.2, -0.15) is 0 Å². The summed E-state index contributed by atoms with van der Waals surface area (Å²) in [6, 6.07) is 18.2. The number of aliphatic carboxylic acids is 1. The van der Waals surface area contributed by atoms with Crippen LogP contribution in [-0.4, -0.2) is 17.6 Å². The van der Waals surface area contributed by atoms with Gasteiger partial charge in [-0.25, -0.2) is 0 Å². The zero-order valence-electron chi connectivity index (χ0n) is 12.1. The normalized spacial score (nSPS) is 10.5. The highest BCUT2D eigenvalue weighted by atomic mass is 16.4. The summed E-state index contributed by atoms with van der Waals surface area (Å²) >= 11 is 0. The smallest absolute Gasteiger partial charge is 0.307 e. The van der Waals surface area contributed by atoms with Gasteiger partial charge in [-0.15, -0.1) is 0 Å². The highest BCUT2D eigenvalue weighted by molar-refractivity contribution is 5.70. The Hall–Kier alpha value is -2.13. The number of hydrogen-bond acceptors (Lipinski definition) is 2. The van der Waals surface area contributed by atoms with Crippen LogP contribution in [0.25, 0.3) is 0 Å². The van der Waals surface area contributed by atoms with Crippen LogP contribution in [-0.2, 0) is 24.2 Å². The van der Waals surface area contributed by atoms with Crippen molar-refractivity contribution >= 4 is 5.97 Å². The molecule has 2 aromatic rings. The van der Waals surface area contributed by atoms with Crippen molar-refractivity contribution in [3.63, 3.8) is 0 Å². The third-order valence-electron chi connectivity index (χ3n) is 3.37. The van der Waals surface area contributed by atoms with E-state index in [4.69, 9.17) is 5.11 Å².